The Morgan fingerprint density at radius 1 is 0.977 bits per heavy atom. The van der Waals surface area contributed by atoms with E-state index < -0.39 is 28.1 Å². The average Bonchev–Trinajstić information content (AvgIpc) is 3.41. The van der Waals surface area contributed by atoms with Crippen LogP contribution in [0.3, 0.4) is 0 Å². The van der Waals surface area contributed by atoms with Gasteiger partial charge in [0.1, 0.15) is 10.3 Å². The van der Waals surface area contributed by atoms with Crippen LogP contribution in [0.2, 0.25) is 0 Å². The van der Waals surface area contributed by atoms with Crippen LogP contribution in [-0.2, 0) is 37.3 Å². The predicted octanol–water partition coefficient (Wildman–Crippen LogP) is 6.67. The number of hydrogen-bond acceptors (Lipinski definition) is 8. The minimum absolute atomic E-state index is 0.0276. The van der Waals surface area contributed by atoms with Gasteiger partial charge in [0.05, 0.1) is 13.7 Å². The first-order valence-corrected chi connectivity index (χ1v) is 17.0. The second-order valence-corrected chi connectivity index (χ2v) is 14.3. The molecule has 11 heteroatoms. The summed E-state index contributed by atoms with van der Waals surface area (Å²) in [4.78, 5) is 41.1. The number of rotatable bonds is 14. The largest absolute Gasteiger partial charge is 0.467 e. The van der Waals surface area contributed by atoms with Crippen molar-refractivity contribution in [1.82, 2.24) is 9.62 Å². The van der Waals surface area contributed by atoms with Gasteiger partial charge in [-0.2, -0.15) is 0 Å². The Morgan fingerprint density at radius 2 is 1.64 bits per heavy atom. The van der Waals surface area contributed by atoms with Crippen molar-refractivity contribution in [3.05, 3.63) is 76.7 Å². The van der Waals surface area contributed by atoms with E-state index >= 15 is 0 Å². The molecule has 3 aromatic rings. The summed E-state index contributed by atoms with van der Waals surface area (Å²) in [7, 11) is -2.90. The quantitative estimate of drug-likeness (QED) is 0.154. The molecule has 1 aromatic heterocycles. The Balaban J connectivity index is 1.97. The smallest absolute Gasteiger partial charge is 0.421 e. The molecular formula is C33H42N2O7S2. The lowest BCUT2D eigenvalue weighted by Crippen LogP contribution is -2.48. The summed E-state index contributed by atoms with van der Waals surface area (Å²) in [6, 6.07) is 16.9. The van der Waals surface area contributed by atoms with Gasteiger partial charge >= 0.3 is 12.1 Å². The Labute approximate surface area is 264 Å². The number of carbonyl (C=O) groups is 3. The highest BCUT2D eigenvalue weighted by molar-refractivity contribution is 7.92. The SMILES string of the molecule is CCCCOC(=O)NS(=O)(=O)c1sc(CC(C)C)cc1-c1ccc(CN(C(=O)c2ccccc2)C(C(=O)OC)C(C)C)cc1. The van der Waals surface area contributed by atoms with Crippen LogP contribution in [-0.4, -0.2) is 51.0 Å². The molecule has 0 radical (unpaired) electrons. The van der Waals surface area contributed by atoms with Crippen LogP contribution in [0.4, 0.5) is 4.79 Å². The first-order valence-electron chi connectivity index (χ1n) is 14.7. The molecule has 44 heavy (non-hydrogen) atoms. The van der Waals surface area contributed by atoms with E-state index in [2.05, 4.69) is 0 Å². The van der Waals surface area contributed by atoms with Crippen LogP contribution in [0.25, 0.3) is 11.1 Å². The van der Waals surface area contributed by atoms with Crippen molar-refractivity contribution >= 4 is 39.3 Å². The van der Waals surface area contributed by atoms with E-state index in [-0.39, 0.29) is 29.2 Å². The van der Waals surface area contributed by atoms with Gasteiger partial charge in [-0.3, -0.25) is 4.79 Å². The number of unbranched alkanes of at least 4 members (excludes halogenated alkanes) is 1. The molecule has 1 N–H and O–H groups in total. The van der Waals surface area contributed by atoms with E-state index in [0.717, 1.165) is 28.2 Å². The molecule has 0 saturated carbocycles. The Kier molecular flexibility index (Phi) is 12.5. The normalized spacial score (nSPS) is 12.2. The second kappa shape index (κ2) is 15.9. The van der Waals surface area contributed by atoms with Crippen molar-refractivity contribution in [3.8, 4) is 11.1 Å². The fraction of sp³-hybridized carbons (Fsp3) is 0.424. The summed E-state index contributed by atoms with van der Waals surface area (Å²) in [6.07, 6.45) is 1.11. The third-order valence-electron chi connectivity index (χ3n) is 6.86. The van der Waals surface area contributed by atoms with Crippen LogP contribution in [0.1, 0.15) is 68.3 Å². The third kappa shape index (κ3) is 9.15. The maximum atomic E-state index is 13.6. The minimum Gasteiger partial charge on any atom is -0.467 e. The van der Waals surface area contributed by atoms with E-state index in [1.807, 2.05) is 51.5 Å². The lowest BCUT2D eigenvalue weighted by Gasteiger charge is -2.32. The monoisotopic (exact) mass is 642 g/mol. The Bertz CT molecular complexity index is 1520. The number of thiophene rings is 1. The van der Waals surface area contributed by atoms with Gasteiger partial charge in [-0.15, -0.1) is 11.3 Å². The number of ether oxygens (including phenoxy) is 2. The number of nitrogens with one attached hydrogen (secondary N) is 1. The number of sulfonamides is 1. The van der Waals surface area contributed by atoms with Crippen molar-refractivity contribution < 1.29 is 32.3 Å². The van der Waals surface area contributed by atoms with Crippen LogP contribution >= 0.6 is 11.3 Å². The van der Waals surface area contributed by atoms with E-state index in [9.17, 15) is 22.8 Å². The van der Waals surface area contributed by atoms with Crippen LogP contribution in [0.5, 0.6) is 0 Å². The molecule has 0 bridgehead atoms. The average molecular weight is 643 g/mol. The number of methoxy groups -OCH3 is 1. The number of esters is 1. The molecule has 2 aromatic carbocycles. The topological polar surface area (TPSA) is 119 Å². The van der Waals surface area contributed by atoms with Crippen LogP contribution in [0, 0.1) is 11.8 Å². The zero-order valence-corrected chi connectivity index (χ0v) is 27.8. The lowest BCUT2D eigenvalue weighted by molar-refractivity contribution is -0.147. The molecule has 1 atom stereocenters. The Hall–Kier alpha value is -3.70. The molecular weight excluding hydrogens is 601 g/mol. The molecule has 1 heterocycles. The third-order valence-corrected chi connectivity index (χ3v) is 9.86. The first-order chi connectivity index (χ1) is 20.9. The molecule has 0 aliphatic carbocycles. The van der Waals surface area contributed by atoms with Gasteiger partial charge < -0.3 is 14.4 Å². The van der Waals surface area contributed by atoms with Gasteiger partial charge in [0.15, 0.2) is 0 Å². The van der Waals surface area contributed by atoms with E-state index in [0.29, 0.717) is 35.4 Å². The summed E-state index contributed by atoms with van der Waals surface area (Å²) in [5, 5.41) is 0. The number of hydrogen-bond donors (Lipinski definition) is 1. The summed E-state index contributed by atoms with van der Waals surface area (Å²) < 4.78 is 38.8. The first kappa shape index (κ1) is 34.8. The fourth-order valence-corrected chi connectivity index (χ4v) is 7.57. The molecule has 0 fully saturated rings. The molecule has 2 amide bonds. The number of nitrogens with zero attached hydrogens (tertiary/aromatic N) is 1. The maximum Gasteiger partial charge on any atom is 0.421 e. The van der Waals surface area contributed by atoms with Crippen LogP contribution in [0.15, 0.2) is 64.9 Å². The van der Waals surface area contributed by atoms with Gasteiger partial charge in [0.25, 0.3) is 15.9 Å². The number of benzene rings is 2. The zero-order chi connectivity index (χ0) is 32.4. The predicted molar refractivity (Wildman–Crippen MR) is 172 cm³/mol. The Morgan fingerprint density at radius 3 is 2.20 bits per heavy atom. The van der Waals surface area contributed by atoms with Gasteiger partial charge in [-0.05, 0) is 54.0 Å². The maximum absolute atomic E-state index is 13.6. The molecule has 0 aliphatic heterocycles. The van der Waals surface area contributed by atoms with E-state index in [1.54, 1.807) is 48.5 Å². The minimum atomic E-state index is -4.20. The second-order valence-electron chi connectivity index (χ2n) is 11.3. The summed E-state index contributed by atoms with van der Waals surface area (Å²) in [6.45, 7) is 10.0. The van der Waals surface area contributed by atoms with Crippen molar-refractivity contribution in [2.75, 3.05) is 13.7 Å². The standard InChI is InChI=1S/C33H42N2O7S2/c1-7-8-18-42-33(38)34-44(39,40)32-28(20-27(43-32)19-22(2)3)25-16-14-24(15-17-25)21-35(29(23(4)5)31(37)41-6)30(36)26-12-10-9-11-13-26/h9-17,20,22-23,29H,7-8,18-19,21H2,1-6H3,(H,34,38). The van der Waals surface area contributed by atoms with Gasteiger partial charge in [-0.1, -0.05) is 83.5 Å². The van der Waals surface area contributed by atoms with Crippen molar-refractivity contribution in [3.63, 3.8) is 0 Å². The molecule has 238 valence electrons. The molecule has 1 unspecified atom stereocenters. The van der Waals surface area contributed by atoms with Gasteiger partial charge in [0, 0.05) is 22.5 Å². The molecule has 0 aliphatic rings. The highest BCUT2D eigenvalue weighted by atomic mass is 32.2. The highest BCUT2D eigenvalue weighted by Crippen LogP contribution is 2.36. The zero-order valence-electron chi connectivity index (χ0n) is 26.2. The van der Waals surface area contributed by atoms with E-state index in [1.165, 1.54) is 12.0 Å². The fourth-order valence-electron chi connectivity index (χ4n) is 4.73. The lowest BCUT2D eigenvalue weighted by atomic mass is 9.99. The van der Waals surface area contributed by atoms with Crippen molar-refractivity contribution in [1.29, 1.82) is 0 Å². The highest BCUT2D eigenvalue weighted by Gasteiger charge is 2.34. The van der Waals surface area contributed by atoms with Gasteiger partial charge in [-0.25, -0.2) is 22.7 Å². The number of amides is 2. The summed E-state index contributed by atoms with van der Waals surface area (Å²) in [5.41, 5.74) is 2.30. The molecule has 9 nitrogen and oxygen atoms in total. The molecule has 0 spiro atoms. The summed E-state index contributed by atoms with van der Waals surface area (Å²) in [5.74, 6) is -0.732. The van der Waals surface area contributed by atoms with Crippen LogP contribution < -0.4 is 4.72 Å². The summed E-state index contributed by atoms with van der Waals surface area (Å²) >= 11 is 1.13. The van der Waals surface area contributed by atoms with Crippen molar-refractivity contribution in [2.24, 2.45) is 11.8 Å². The van der Waals surface area contributed by atoms with Crippen molar-refractivity contribution in [2.45, 2.75) is 70.7 Å². The van der Waals surface area contributed by atoms with E-state index in [4.69, 9.17) is 9.47 Å². The molecule has 0 saturated heterocycles. The van der Waals surface area contributed by atoms with Gasteiger partial charge in [0.2, 0.25) is 0 Å². The number of carbonyl (C=O) groups excluding carboxylic acids is 3. The molecule has 3 rings (SSSR count).